The molecule has 3 saturated heterocycles. The number of halogens is 1. The van der Waals surface area contributed by atoms with Gasteiger partial charge in [-0.25, -0.2) is 8.42 Å². The summed E-state index contributed by atoms with van der Waals surface area (Å²) >= 11 is 6.27. The maximum absolute atomic E-state index is 13.3. The van der Waals surface area contributed by atoms with Crippen molar-refractivity contribution in [2.24, 2.45) is 30.5 Å². The minimum Gasteiger partial charge on any atom is -0.377 e. The van der Waals surface area contributed by atoms with Crippen molar-refractivity contribution in [3.63, 3.8) is 0 Å². The molecular weight excluding hydrogens is 502 g/mol. The summed E-state index contributed by atoms with van der Waals surface area (Å²) in [6.07, 6.45) is 1.31. The van der Waals surface area contributed by atoms with Gasteiger partial charge in [-0.15, -0.1) is 0 Å². The second-order valence-corrected chi connectivity index (χ2v) is 12.6. The molecule has 2 aromatic rings. The number of primary amides is 1. The van der Waals surface area contributed by atoms with Crippen LogP contribution >= 0.6 is 11.6 Å². The third-order valence-electron chi connectivity index (χ3n) is 8.11. The zero-order chi connectivity index (χ0) is 25.6. The fourth-order valence-electron chi connectivity index (χ4n) is 6.31. The lowest BCUT2D eigenvalue weighted by molar-refractivity contribution is -0.123. The van der Waals surface area contributed by atoms with Gasteiger partial charge in [-0.05, 0) is 43.7 Å². The molecule has 36 heavy (non-hydrogen) atoms. The van der Waals surface area contributed by atoms with E-state index in [9.17, 15) is 13.2 Å². The standard InChI is InChI=1S/C25H34ClN5O4S/c1-16-23(24(26)29(2)28-16)36(33,34)31-14-18-12-30(13-19(18)15-31)10-8-20(17-6-4-3-5-7-17)22-21(25(27)32)9-11-35-22/h3-7,18-22H,8-15H2,1-2H3,(H2,27,32)/t18?,19?,20-,21?,22?/m0/s1. The fourth-order valence-corrected chi connectivity index (χ4v) is 8.57. The highest BCUT2D eigenvalue weighted by atomic mass is 35.5. The highest BCUT2D eigenvalue weighted by Crippen LogP contribution is 2.39. The van der Waals surface area contributed by atoms with Crippen molar-refractivity contribution in [1.29, 1.82) is 0 Å². The number of hydrogen-bond acceptors (Lipinski definition) is 6. The maximum atomic E-state index is 13.3. The van der Waals surface area contributed by atoms with Crippen LogP contribution in [0.1, 0.15) is 30.0 Å². The number of nitrogens with zero attached hydrogens (tertiary/aromatic N) is 4. The van der Waals surface area contributed by atoms with Crippen LogP contribution in [0.3, 0.4) is 0 Å². The largest absolute Gasteiger partial charge is 0.377 e. The Labute approximate surface area is 217 Å². The van der Waals surface area contributed by atoms with Gasteiger partial charge in [-0.3, -0.25) is 9.48 Å². The molecule has 1 aromatic heterocycles. The lowest BCUT2D eigenvalue weighted by Gasteiger charge is -2.29. The predicted molar refractivity (Wildman–Crippen MR) is 136 cm³/mol. The molecule has 4 heterocycles. The molecule has 4 unspecified atom stereocenters. The van der Waals surface area contributed by atoms with Crippen LogP contribution in [-0.4, -0.2) is 78.7 Å². The van der Waals surface area contributed by atoms with E-state index >= 15 is 0 Å². The van der Waals surface area contributed by atoms with Crippen molar-refractivity contribution < 1.29 is 17.9 Å². The van der Waals surface area contributed by atoms with Crippen LogP contribution in [0.2, 0.25) is 5.15 Å². The molecule has 3 fully saturated rings. The Bertz CT molecular complexity index is 1210. The van der Waals surface area contributed by atoms with Crippen LogP contribution in [0.25, 0.3) is 0 Å². The number of fused-ring (bicyclic) bond motifs is 1. The summed E-state index contributed by atoms with van der Waals surface area (Å²) in [7, 11) is -2.04. The first-order valence-electron chi connectivity index (χ1n) is 12.5. The van der Waals surface area contributed by atoms with Crippen molar-refractivity contribution in [3.05, 3.63) is 46.7 Å². The Balaban J connectivity index is 1.23. The third kappa shape index (κ3) is 4.69. The molecule has 1 amide bonds. The zero-order valence-electron chi connectivity index (χ0n) is 20.7. The van der Waals surface area contributed by atoms with Gasteiger partial charge >= 0.3 is 0 Å². The van der Waals surface area contributed by atoms with E-state index in [1.807, 2.05) is 18.2 Å². The minimum absolute atomic E-state index is 0.0826. The monoisotopic (exact) mass is 535 g/mol. The average molecular weight is 536 g/mol. The molecule has 9 nitrogen and oxygen atoms in total. The number of ether oxygens (including phenoxy) is 1. The Kier molecular flexibility index (Phi) is 7.17. The molecule has 3 aliphatic rings. The van der Waals surface area contributed by atoms with E-state index in [0.29, 0.717) is 31.8 Å². The summed E-state index contributed by atoms with van der Waals surface area (Å²) in [5, 5.41) is 4.33. The molecule has 0 radical (unpaired) electrons. The van der Waals surface area contributed by atoms with Crippen LogP contribution in [0.15, 0.2) is 35.2 Å². The van der Waals surface area contributed by atoms with E-state index in [-0.39, 0.29) is 45.7 Å². The minimum atomic E-state index is -3.69. The van der Waals surface area contributed by atoms with Gasteiger partial charge in [0.05, 0.1) is 17.7 Å². The number of benzene rings is 1. The molecule has 0 spiro atoms. The average Bonchev–Trinajstić information content (AvgIpc) is 3.59. The van der Waals surface area contributed by atoms with E-state index < -0.39 is 10.0 Å². The molecule has 0 saturated carbocycles. The van der Waals surface area contributed by atoms with Crippen LogP contribution in [0, 0.1) is 24.7 Å². The smallest absolute Gasteiger partial charge is 0.248 e. The van der Waals surface area contributed by atoms with Crippen molar-refractivity contribution in [3.8, 4) is 0 Å². The van der Waals surface area contributed by atoms with Gasteiger partial charge in [0.2, 0.25) is 15.9 Å². The second-order valence-electron chi connectivity index (χ2n) is 10.4. The van der Waals surface area contributed by atoms with Gasteiger partial charge in [0.25, 0.3) is 0 Å². The normalized spacial score (nSPS) is 28.0. The quantitative estimate of drug-likeness (QED) is 0.553. The summed E-state index contributed by atoms with van der Waals surface area (Å²) in [6, 6.07) is 10.2. The highest BCUT2D eigenvalue weighted by molar-refractivity contribution is 7.89. The number of likely N-dealkylation sites (tertiary alicyclic amines) is 1. The maximum Gasteiger partial charge on any atom is 0.248 e. The van der Waals surface area contributed by atoms with Gasteiger partial charge in [-0.2, -0.15) is 9.40 Å². The summed E-state index contributed by atoms with van der Waals surface area (Å²) in [6.45, 7) is 5.78. The lowest BCUT2D eigenvalue weighted by Crippen LogP contribution is -2.37. The van der Waals surface area contributed by atoms with Gasteiger partial charge in [0.15, 0.2) is 0 Å². The van der Waals surface area contributed by atoms with E-state index in [1.54, 1.807) is 18.3 Å². The Morgan fingerprint density at radius 1 is 1.19 bits per heavy atom. The van der Waals surface area contributed by atoms with Crippen molar-refractivity contribution in [2.45, 2.75) is 36.7 Å². The third-order valence-corrected chi connectivity index (χ3v) is 10.6. The van der Waals surface area contributed by atoms with E-state index in [1.165, 1.54) is 4.68 Å². The number of carbonyl (C=O) groups is 1. The molecule has 2 N–H and O–H groups in total. The number of hydrogen-bond donors (Lipinski definition) is 1. The second kappa shape index (κ2) is 10.1. The number of aromatic nitrogens is 2. The number of aryl methyl sites for hydroxylation is 2. The van der Waals surface area contributed by atoms with Gasteiger partial charge in [-0.1, -0.05) is 41.9 Å². The predicted octanol–water partition coefficient (Wildman–Crippen LogP) is 2.00. The highest BCUT2D eigenvalue weighted by Gasteiger charge is 2.46. The van der Waals surface area contributed by atoms with E-state index in [4.69, 9.17) is 22.1 Å². The number of sulfonamides is 1. The van der Waals surface area contributed by atoms with Crippen LogP contribution in [-0.2, 0) is 26.6 Å². The van der Waals surface area contributed by atoms with Crippen molar-refractivity contribution in [1.82, 2.24) is 19.0 Å². The number of carbonyl (C=O) groups excluding carboxylic acids is 1. The molecule has 5 atom stereocenters. The fraction of sp³-hybridized carbons (Fsp3) is 0.600. The lowest BCUT2D eigenvalue weighted by atomic mass is 9.83. The molecular formula is C25H34ClN5O4S. The number of rotatable bonds is 8. The van der Waals surface area contributed by atoms with Gasteiger partial charge in [0.1, 0.15) is 10.0 Å². The first-order chi connectivity index (χ1) is 17.2. The summed E-state index contributed by atoms with van der Waals surface area (Å²) in [4.78, 5) is 14.6. The molecule has 0 aliphatic carbocycles. The van der Waals surface area contributed by atoms with Crippen LogP contribution in [0.5, 0.6) is 0 Å². The van der Waals surface area contributed by atoms with Crippen LogP contribution in [0.4, 0.5) is 0 Å². The topological polar surface area (TPSA) is 111 Å². The Hall–Kier alpha value is -1.98. The summed E-state index contributed by atoms with van der Waals surface area (Å²) < 4.78 is 35.7. The first-order valence-corrected chi connectivity index (χ1v) is 14.4. The molecule has 196 valence electrons. The summed E-state index contributed by atoms with van der Waals surface area (Å²) in [5.74, 6) is 0.0897. The van der Waals surface area contributed by atoms with Crippen molar-refractivity contribution >= 4 is 27.5 Å². The van der Waals surface area contributed by atoms with Crippen molar-refractivity contribution in [2.75, 3.05) is 39.3 Å². The molecule has 11 heteroatoms. The zero-order valence-corrected chi connectivity index (χ0v) is 22.3. The molecule has 3 aliphatic heterocycles. The number of nitrogens with two attached hydrogens (primary N) is 1. The molecule has 0 bridgehead atoms. The summed E-state index contributed by atoms with van der Waals surface area (Å²) in [5.41, 5.74) is 7.29. The van der Waals surface area contributed by atoms with E-state index in [2.05, 4.69) is 22.1 Å². The molecule has 5 rings (SSSR count). The van der Waals surface area contributed by atoms with Crippen LogP contribution < -0.4 is 5.73 Å². The van der Waals surface area contributed by atoms with E-state index in [0.717, 1.165) is 31.6 Å². The number of amides is 1. The molecule has 1 aromatic carbocycles. The SMILES string of the molecule is Cc1nn(C)c(Cl)c1S(=O)(=O)N1CC2CN(CC[C@@H](c3ccccc3)C3OCCC3C(N)=O)CC2C1. The Morgan fingerprint density at radius 3 is 2.44 bits per heavy atom. The Morgan fingerprint density at radius 2 is 1.86 bits per heavy atom. The first kappa shape index (κ1) is 25.7. The van der Waals surface area contributed by atoms with Gasteiger partial charge in [0, 0.05) is 45.8 Å². The van der Waals surface area contributed by atoms with Gasteiger partial charge < -0.3 is 15.4 Å².